The number of anilines is 1. The summed E-state index contributed by atoms with van der Waals surface area (Å²) in [5.74, 6) is 2.77. The zero-order chi connectivity index (χ0) is 35.9. The Hall–Kier alpha value is -4.80. The highest BCUT2D eigenvalue weighted by Gasteiger charge is 2.51. The van der Waals surface area contributed by atoms with E-state index in [2.05, 4.69) is 20.8 Å². The van der Waals surface area contributed by atoms with Crippen LogP contribution in [-0.2, 0) is 9.53 Å². The van der Waals surface area contributed by atoms with Crippen LogP contribution in [0.15, 0.2) is 24.3 Å². The summed E-state index contributed by atoms with van der Waals surface area (Å²) in [7, 11) is 2.93. The van der Waals surface area contributed by atoms with Crippen LogP contribution in [-0.4, -0.2) is 108 Å². The summed E-state index contributed by atoms with van der Waals surface area (Å²) in [5, 5.41) is 11.6. The Labute approximate surface area is 299 Å². The molecule has 11 nitrogen and oxygen atoms in total. The lowest BCUT2D eigenvalue weighted by Crippen LogP contribution is -2.57. The Morgan fingerprint density at radius 1 is 1.04 bits per heavy atom. The number of hydrogen-bond acceptors (Lipinski definition) is 10. The molecule has 1 N–H and O–H groups in total. The maximum Gasteiger partial charge on any atom is 0.319 e. The molecule has 13 heteroatoms. The number of piperidine rings is 1. The van der Waals surface area contributed by atoms with Gasteiger partial charge in [-0.15, -0.1) is 6.42 Å². The first-order chi connectivity index (χ1) is 25.2. The van der Waals surface area contributed by atoms with E-state index in [1.54, 1.807) is 0 Å². The van der Waals surface area contributed by atoms with Crippen molar-refractivity contribution in [1.82, 2.24) is 24.8 Å². The summed E-state index contributed by atoms with van der Waals surface area (Å²) in [6.07, 6.45) is 10.8. The number of nitrogens with zero attached hydrogens (tertiary/aromatic N) is 6. The van der Waals surface area contributed by atoms with Crippen molar-refractivity contribution < 1.29 is 32.9 Å². The lowest BCUT2D eigenvalue weighted by atomic mass is 9.95. The third-order valence-electron chi connectivity index (χ3n) is 11.8. The fourth-order valence-electron chi connectivity index (χ4n) is 9.00. The molecule has 4 unspecified atom stereocenters. The van der Waals surface area contributed by atoms with Crippen LogP contribution in [0.4, 0.5) is 14.6 Å². The smallest absolute Gasteiger partial charge is 0.319 e. The molecule has 270 valence electrons. The van der Waals surface area contributed by atoms with E-state index < -0.39 is 11.6 Å². The van der Waals surface area contributed by atoms with Crippen molar-refractivity contribution in [2.75, 3.05) is 65.1 Å². The molecule has 4 aromatic rings. The molecular weight excluding hydrogens is 670 g/mol. The highest BCUT2D eigenvalue weighted by Crippen LogP contribution is 2.51. The number of carbonyl (C=O) groups excluding carboxylic acids is 1. The van der Waals surface area contributed by atoms with Crippen LogP contribution < -0.4 is 14.4 Å². The number of terminal acetylenes is 1. The molecule has 5 aliphatic rings. The number of methoxy groups -OCH3 is 2. The van der Waals surface area contributed by atoms with Gasteiger partial charge in [0.15, 0.2) is 5.82 Å². The molecular formula is C39H40F2N6O5. The molecule has 2 saturated carbocycles. The number of halogens is 2. The number of phenolic OH excluding ortho intramolecular Hbond substituents is 1. The lowest BCUT2D eigenvalue weighted by Gasteiger charge is -2.41. The van der Waals surface area contributed by atoms with E-state index in [9.17, 15) is 9.90 Å². The van der Waals surface area contributed by atoms with Crippen LogP contribution in [0.25, 0.3) is 32.9 Å². The second kappa shape index (κ2) is 12.4. The predicted octanol–water partition coefficient (Wildman–Crippen LogP) is 4.76. The average Bonchev–Trinajstić information content (AvgIpc) is 4.02. The van der Waals surface area contributed by atoms with Gasteiger partial charge in [-0.1, -0.05) is 12.0 Å². The number of fused-ring (bicyclic) bond motifs is 5. The second-order valence-electron chi connectivity index (χ2n) is 15.3. The summed E-state index contributed by atoms with van der Waals surface area (Å²) in [5.41, 5.74) is -0.304. The third kappa shape index (κ3) is 5.54. The summed E-state index contributed by atoms with van der Waals surface area (Å²) >= 11 is 0. The van der Waals surface area contributed by atoms with Gasteiger partial charge in [0.05, 0.1) is 19.3 Å². The number of aromatic nitrogens is 3. The van der Waals surface area contributed by atoms with Crippen LogP contribution in [0, 0.1) is 41.2 Å². The molecule has 3 saturated heterocycles. The van der Waals surface area contributed by atoms with Gasteiger partial charge in [0.1, 0.15) is 40.6 Å². The number of carbonyl (C=O) groups is 1. The number of ether oxygens (including phenoxy) is 3. The van der Waals surface area contributed by atoms with Crippen molar-refractivity contribution in [2.24, 2.45) is 17.3 Å². The Kier molecular flexibility index (Phi) is 7.89. The normalized spacial score (nSPS) is 24.3. The van der Waals surface area contributed by atoms with Gasteiger partial charge in [-0.25, -0.2) is 13.8 Å². The van der Waals surface area contributed by atoms with Crippen molar-refractivity contribution in [3.63, 3.8) is 0 Å². The van der Waals surface area contributed by atoms with Crippen LogP contribution in [0.3, 0.4) is 0 Å². The molecule has 2 aliphatic carbocycles. The molecule has 3 aliphatic heterocycles. The number of rotatable bonds is 10. The fraction of sp³-hybridized carbons (Fsp3) is 0.487. The maximum absolute atomic E-state index is 17.2. The van der Waals surface area contributed by atoms with Crippen LogP contribution in [0.5, 0.6) is 17.6 Å². The minimum absolute atomic E-state index is 0.00246. The molecule has 2 aromatic heterocycles. The Morgan fingerprint density at radius 2 is 1.79 bits per heavy atom. The predicted molar refractivity (Wildman–Crippen MR) is 189 cm³/mol. The largest absolute Gasteiger partial charge is 0.508 e. The molecule has 0 radical (unpaired) electrons. The molecule has 2 bridgehead atoms. The molecule has 2 aromatic carbocycles. The van der Waals surface area contributed by atoms with E-state index in [-0.39, 0.29) is 80.8 Å². The molecule has 5 heterocycles. The second-order valence-corrected chi connectivity index (χ2v) is 15.3. The molecule has 1 amide bonds. The lowest BCUT2D eigenvalue weighted by molar-refractivity contribution is -0.138. The monoisotopic (exact) mass is 710 g/mol. The summed E-state index contributed by atoms with van der Waals surface area (Å²) in [6.45, 7) is 4.53. The van der Waals surface area contributed by atoms with Gasteiger partial charge in [0.2, 0.25) is 11.8 Å². The summed E-state index contributed by atoms with van der Waals surface area (Å²) in [6, 6.07) is 5.28. The molecule has 52 heavy (non-hydrogen) atoms. The number of piperazine rings is 1. The number of phenols is 1. The molecule has 4 atom stereocenters. The summed E-state index contributed by atoms with van der Waals surface area (Å²) in [4.78, 5) is 33.7. The van der Waals surface area contributed by atoms with Crippen molar-refractivity contribution in [2.45, 2.75) is 44.2 Å². The van der Waals surface area contributed by atoms with Crippen LogP contribution in [0.1, 0.15) is 37.7 Å². The van der Waals surface area contributed by atoms with Crippen LogP contribution >= 0.6 is 0 Å². The van der Waals surface area contributed by atoms with E-state index in [4.69, 9.17) is 25.6 Å². The highest BCUT2D eigenvalue weighted by atomic mass is 19.1. The van der Waals surface area contributed by atoms with Crippen molar-refractivity contribution in [3.8, 4) is 41.2 Å². The highest BCUT2D eigenvalue weighted by molar-refractivity contribution is 6.04. The number of pyridine rings is 1. The Bertz CT molecular complexity index is 2150. The first-order valence-electron chi connectivity index (χ1n) is 18.0. The van der Waals surface area contributed by atoms with E-state index in [0.29, 0.717) is 30.9 Å². The van der Waals surface area contributed by atoms with Gasteiger partial charge in [-0.2, -0.15) is 9.97 Å². The topological polar surface area (TPSA) is 113 Å². The number of likely N-dealkylation sites (tertiary alicyclic amines) is 1. The number of hydrogen-bond donors (Lipinski definition) is 1. The maximum atomic E-state index is 17.2. The Morgan fingerprint density at radius 3 is 2.46 bits per heavy atom. The summed E-state index contributed by atoms with van der Waals surface area (Å²) < 4.78 is 49.6. The fourth-order valence-corrected chi connectivity index (χ4v) is 9.00. The minimum atomic E-state index is -0.822. The quantitative estimate of drug-likeness (QED) is 0.232. The first-order valence-corrected chi connectivity index (χ1v) is 18.0. The zero-order valence-corrected chi connectivity index (χ0v) is 29.2. The zero-order valence-electron chi connectivity index (χ0n) is 29.2. The van der Waals surface area contributed by atoms with E-state index in [1.807, 2.05) is 9.80 Å². The van der Waals surface area contributed by atoms with Gasteiger partial charge in [-0.3, -0.25) is 4.79 Å². The number of amides is 1. The molecule has 5 fully saturated rings. The van der Waals surface area contributed by atoms with Gasteiger partial charge >= 0.3 is 6.01 Å². The molecule has 0 spiro atoms. The van der Waals surface area contributed by atoms with Crippen molar-refractivity contribution in [3.05, 3.63) is 41.5 Å². The third-order valence-corrected chi connectivity index (χ3v) is 11.8. The number of aromatic hydroxyl groups is 1. The van der Waals surface area contributed by atoms with Crippen LogP contribution in [0.2, 0.25) is 0 Å². The minimum Gasteiger partial charge on any atom is -0.508 e. The van der Waals surface area contributed by atoms with Gasteiger partial charge in [0.25, 0.3) is 0 Å². The van der Waals surface area contributed by atoms with E-state index >= 15 is 8.78 Å². The van der Waals surface area contributed by atoms with Crippen molar-refractivity contribution >= 4 is 33.4 Å². The van der Waals surface area contributed by atoms with Gasteiger partial charge in [-0.05, 0) is 67.5 Å². The SMILES string of the molecule is C#Cc1c(F)ccc2cc(O)cc(-c3nc(OC)c4c(N5CC6CCC(C5)N6C(=O)COC)nc(OCC5(CN6CC7CC7C6)CC5)nc4c3F)c12. The van der Waals surface area contributed by atoms with Gasteiger partial charge < -0.3 is 34.0 Å². The first kappa shape index (κ1) is 33.1. The van der Waals surface area contributed by atoms with Gasteiger partial charge in [0, 0.05) is 68.3 Å². The Balaban J connectivity index is 1.16. The average molecular weight is 711 g/mol. The van der Waals surface area contributed by atoms with E-state index in [0.717, 1.165) is 57.2 Å². The molecule has 9 rings (SSSR count). The standard InChI is InChI=1S/C39H40F2N6O5/c1-4-27-29(40)8-5-21-12-26(48)13-28(31(21)27)34-33(41)35-32(37(42-34)51-3)36(46-16-24-6-7-25(17-46)47(24)30(49)18-50-2)44-38(43-35)52-20-39(9-10-39)19-45-14-22-11-23(22)15-45/h1,5,8,12-13,22-25,48H,6-7,9-11,14-20H2,2-3H3. The van der Waals surface area contributed by atoms with E-state index in [1.165, 1.54) is 44.9 Å². The number of benzene rings is 2. The van der Waals surface area contributed by atoms with Crippen molar-refractivity contribution in [1.29, 1.82) is 0 Å².